The van der Waals surface area contributed by atoms with Gasteiger partial charge in [-0.1, -0.05) is 22.8 Å². The highest BCUT2D eigenvalue weighted by molar-refractivity contribution is 7.07. The lowest BCUT2D eigenvalue weighted by Gasteiger charge is -2.11. The van der Waals surface area contributed by atoms with E-state index in [-0.39, 0.29) is 5.84 Å². The fraction of sp³-hybridized carbons (Fsp3) is 0.154. The van der Waals surface area contributed by atoms with Gasteiger partial charge < -0.3 is 15.7 Å². The van der Waals surface area contributed by atoms with Gasteiger partial charge in [0, 0.05) is 6.42 Å². The topological polar surface area (TPSA) is 67.8 Å². The second kappa shape index (κ2) is 6.45. The molecule has 0 aliphatic heterocycles. The van der Waals surface area contributed by atoms with Crippen molar-refractivity contribution in [3.05, 3.63) is 51.2 Å². The first-order valence-corrected chi connectivity index (χ1v) is 6.94. The number of ether oxygens (including phenoxy) is 1. The number of benzene rings is 1. The van der Waals surface area contributed by atoms with E-state index in [0.29, 0.717) is 22.9 Å². The molecule has 0 amide bonds. The summed E-state index contributed by atoms with van der Waals surface area (Å²) < 4.78 is 5.66. The standard InChI is InChI=1S/C13H13ClN2O2S/c14-10-2-1-3-11(12(10)13(15)16-17)18-6-4-9-5-7-19-8-9/h1-3,5,7-8,17H,4,6H2,(H2,15,16). The average Bonchev–Trinajstić information content (AvgIpc) is 2.91. The number of hydrogen-bond acceptors (Lipinski definition) is 4. The molecule has 100 valence electrons. The maximum atomic E-state index is 8.76. The molecule has 0 aliphatic carbocycles. The Morgan fingerprint density at radius 2 is 2.26 bits per heavy atom. The van der Waals surface area contributed by atoms with Crippen molar-refractivity contribution in [2.24, 2.45) is 10.9 Å². The van der Waals surface area contributed by atoms with Crippen molar-refractivity contribution in [2.45, 2.75) is 6.42 Å². The van der Waals surface area contributed by atoms with Crippen LogP contribution in [0.4, 0.5) is 0 Å². The lowest BCUT2D eigenvalue weighted by Crippen LogP contribution is -2.16. The van der Waals surface area contributed by atoms with Crippen molar-refractivity contribution in [1.29, 1.82) is 0 Å². The molecule has 0 fully saturated rings. The molecule has 0 spiro atoms. The summed E-state index contributed by atoms with van der Waals surface area (Å²) in [6.07, 6.45) is 0.797. The van der Waals surface area contributed by atoms with E-state index < -0.39 is 0 Å². The van der Waals surface area contributed by atoms with Gasteiger partial charge in [-0.2, -0.15) is 11.3 Å². The molecular formula is C13H13ClN2O2S. The molecule has 1 aromatic heterocycles. The molecule has 0 atom stereocenters. The van der Waals surface area contributed by atoms with Crippen LogP contribution in [0.2, 0.25) is 5.02 Å². The van der Waals surface area contributed by atoms with Crippen molar-refractivity contribution >= 4 is 28.8 Å². The Morgan fingerprint density at radius 1 is 1.42 bits per heavy atom. The number of hydrogen-bond donors (Lipinski definition) is 2. The zero-order valence-electron chi connectivity index (χ0n) is 10.0. The number of nitrogens with zero attached hydrogens (tertiary/aromatic N) is 1. The Bertz CT molecular complexity index is 570. The summed E-state index contributed by atoms with van der Waals surface area (Å²) in [5.41, 5.74) is 7.23. The van der Waals surface area contributed by atoms with Gasteiger partial charge in [-0.05, 0) is 34.5 Å². The third-order valence-corrected chi connectivity index (χ3v) is 3.61. The molecule has 2 rings (SSSR count). The Labute approximate surface area is 120 Å². The van der Waals surface area contributed by atoms with Crippen LogP contribution in [0, 0.1) is 0 Å². The predicted molar refractivity (Wildman–Crippen MR) is 77.5 cm³/mol. The first kappa shape index (κ1) is 13.7. The number of thiophene rings is 1. The van der Waals surface area contributed by atoms with Gasteiger partial charge in [0.1, 0.15) is 5.75 Å². The van der Waals surface area contributed by atoms with Crippen molar-refractivity contribution in [2.75, 3.05) is 6.61 Å². The van der Waals surface area contributed by atoms with Crippen LogP contribution < -0.4 is 10.5 Å². The molecule has 0 saturated carbocycles. The molecule has 0 radical (unpaired) electrons. The molecule has 0 aliphatic rings. The lowest BCUT2D eigenvalue weighted by atomic mass is 10.2. The summed E-state index contributed by atoms with van der Waals surface area (Å²) in [6, 6.07) is 7.22. The molecule has 1 aromatic carbocycles. The highest BCUT2D eigenvalue weighted by Crippen LogP contribution is 2.26. The van der Waals surface area contributed by atoms with Crippen LogP contribution in [-0.2, 0) is 6.42 Å². The predicted octanol–water partition coefficient (Wildman–Crippen LogP) is 3.12. The van der Waals surface area contributed by atoms with E-state index in [0.717, 1.165) is 6.42 Å². The van der Waals surface area contributed by atoms with Crippen molar-refractivity contribution in [1.82, 2.24) is 0 Å². The van der Waals surface area contributed by atoms with Crippen LogP contribution in [0.5, 0.6) is 5.75 Å². The summed E-state index contributed by atoms with van der Waals surface area (Å²) in [5.74, 6) is 0.453. The zero-order valence-corrected chi connectivity index (χ0v) is 11.6. The first-order valence-electron chi connectivity index (χ1n) is 5.62. The summed E-state index contributed by atoms with van der Waals surface area (Å²) in [7, 11) is 0. The summed E-state index contributed by atoms with van der Waals surface area (Å²) in [6.45, 7) is 0.503. The van der Waals surface area contributed by atoms with E-state index in [4.69, 9.17) is 27.3 Å². The molecule has 19 heavy (non-hydrogen) atoms. The van der Waals surface area contributed by atoms with E-state index in [1.165, 1.54) is 5.56 Å². The van der Waals surface area contributed by atoms with Gasteiger partial charge in [-0.15, -0.1) is 0 Å². The maximum absolute atomic E-state index is 8.76. The second-order valence-corrected chi connectivity index (χ2v) is 5.02. The monoisotopic (exact) mass is 296 g/mol. The average molecular weight is 297 g/mol. The number of nitrogens with two attached hydrogens (primary N) is 1. The van der Waals surface area contributed by atoms with Crippen molar-refractivity contribution < 1.29 is 9.94 Å². The lowest BCUT2D eigenvalue weighted by molar-refractivity contribution is 0.313. The molecular weight excluding hydrogens is 284 g/mol. The van der Waals surface area contributed by atoms with Crippen LogP contribution in [0.1, 0.15) is 11.1 Å². The quantitative estimate of drug-likeness (QED) is 0.385. The summed E-state index contributed by atoms with van der Waals surface area (Å²) >= 11 is 7.68. The number of halogens is 1. The van der Waals surface area contributed by atoms with Crippen LogP contribution in [0.3, 0.4) is 0 Å². The molecule has 4 nitrogen and oxygen atoms in total. The highest BCUT2D eigenvalue weighted by Gasteiger charge is 2.12. The third-order valence-electron chi connectivity index (χ3n) is 2.57. The molecule has 3 N–H and O–H groups in total. The van der Waals surface area contributed by atoms with Gasteiger partial charge in [0.05, 0.1) is 17.2 Å². The Hall–Kier alpha value is -1.72. The molecule has 1 heterocycles. The van der Waals surface area contributed by atoms with Crippen LogP contribution in [0.15, 0.2) is 40.2 Å². The van der Waals surface area contributed by atoms with Crippen molar-refractivity contribution in [3.63, 3.8) is 0 Å². The van der Waals surface area contributed by atoms with E-state index in [1.807, 2.05) is 5.38 Å². The van der Waals surface area contributed by atoms with Gasteiger partial charge in [-0.25, -0.2) is 0 Å². The molecule has 0 unspecified atom stereocenters. The number of amidine groups is 1. The zero-order chi connectivity index (χ0) is 13.7. The Morgan fingerprint density at radius 3 is 2.95 bits per heavy atom. The van der Waals surface area contributed by atoms with E-state index in [9.17, 15) is 0 Å². The largest absolute Gasteiger partial charge is 0.492 e. The highest BCUT2D eigenvalue weighted by atomic mass is 35.5. The minimum absolute atomic E-state index is 0.0591. The summed E-state index contributed by atoms with van der Waals surface area (Å²) in [4.78, 5) is 0. The Balaban J connectivity index is 2.09. The molecule has 0 bridgehead atoms. The third kappa shape index (κ3) is 3.39. The fourth-order valence-corrected chi connectivity index (χ4v) is 2.60. The van der Waals surface area contributed by atoms with Crippen LogP contribution >= 0.6 is 22.9 Å². The SMILES string of the molecule is N/C(=N/O)c1c(Cl)cccc1OCCc1ccsc1. The minimum atomic E-state index is -0.0591. The van der Waals surface area contributed by atoms with Gasteiger partial charge in [-0.3, -0.25) is 0 Å². The van der Waals surface area contributed by atoms with Crippen LogP contribution in [0.25, 0.3) is 0 Å². The van der Waals surface area contributed by atoms with Crippen LogP contribution in [-0.4, -0.2) is 17.6 Å². The van der Waals surface area contributed by atoms with Crippen molar-refractivity contribution in [3.8, 4) is 5.75 Å². The van der Waals surface area contributed by atoms with E-state index in [2.05, 4.69) is 16.6 Å². The first-order chi connectivity index (χ1) is 9.22. The summed E-state index contributed by atoms with van der Waals surface area (Å²) in [5, 5.41) is 16.2. The molecule has 6 heteroatoms. The molecule has 0 saturated heterocycles. The normalized spacial score (nSPS) is 11.5. The van der Waals surface area contributed by atoms with Gasteiger partial charge in [0.2, 0.25) is 0 Å². The van der Waals surface area contributed by atoms with Gasteiger partial charge in [0.25, 0.3) is 0 Å². The second-order valence-electron chi connectivity index (χ2n) is 3.83. The fourth-order valence-electron chi connectivity index (χ4n) is 1.64. The van der Waals surface area contributed by atoms with E-state index in [1.54, 1.807) is 29.5 Å². The molecule has 2 aromatic rings. The smallest absolute Gasteiger partial charge is 0.175 e. The maximum Gasteiger partial charge on any atom is 0.175 e. The van der Waals surface area contributed by atoms with Gasteiger partial charge in [0.15, 0.2) is 5.84 Å². The number of rotatable bonds is 5. The van der Waals surface area contributed by atoms with E-state index >= 15 is 0 Å². The van der Waals surface area contributed by atoms with Gasteiger partial charge >= 0.3 is 0 Å². The number of oxime groups is 1. The Kier molecular flexibility index (Phi) is 4.65. The minimum Gasteiger partial charge on any atom is -0.492 e.